The number of halogens is 1. The highest BCUT2D eigenvalue weighted by molar-refractivity contribution is 9.10. The largest absolute Gasteiger partial charge is 0.380 e. The Morgan fingerprint density at radius 3 is 2.74 bits per heavy atom. The normalized spacial score (nSPS) is 10.6. The van der Waals surface area contributed by atoms with Crippen molar-refractivity contribution in [2.24, 2.45) is 0 Å². The van der Waals surface area contributed by atoms with E-state index in [4.69, 9.17) is 10.3 Å². The quantitative estimate of drug-likeness (QED) is 0.785. The molecule has 2 heterocycles. The fourth-order valence-corrected chi connectivity index (χ4v) is 2.25. The van der Waals surface area contributed by atoms with E-state index < -0.39 is 0 Å². The Labute approximate surface area is 117 Å². The molecule has 2 aromatic heterocycles. The van der Waals surface area contributed by atoms with Gasteiger partial charge in [0.25, 0.3) is 0 Å². The lowest BCUT2D eigenvalue weighted by Gasteiger charge is -2.02. The summed E-state index contributed by atoms with van der Waals surface area (Å²) in [4.78, 5) is 0. The van der Waals surface area contributed by atoms with Gasteiger partial charge in [0.05, 0.1) is 18.0 Å². The van der Waals surface area contributed by atoms with Gasteiger partial charge in [-0.15, -0.1) is 0 Å². The zero-order chi connectivity index (χ0) is 13.2. The molecule has 3 rings (SSSR count). The summed E-state index contributed by atoms with van der Waals surface area (Å²) in [5.41, 5.74) is 8.38. The van der Waals surface area contributed by atoms with Crippen LogP contribution >= 0.6 is 15.9 Å². The van der Waals surface area contributed by atoms with E-state index in [0.29, 0.717) is 11.6 Å². The van der Waals surface area contributed by atoms with Crippen molar-refractivity contribution in [3.63, 3.8) is 0 Å². The van der Waals surface area contributed by atoms with E-state index in [2.05, 4.69) is 31.3 Å². The highest BCUT2D eigenvalue weighted by Gasteiger charge is 2.17. The molecule has 6 heteroatoms. The number of aromatic nitrogens is 3. The number of hydrogen-bond acceptors (Lipinski definition) is 5. The summed E-state index contributed by atoms with van der Waals surface area (Å²) in [5, 5.41) is 11.4. The number of anilines is 1. The molecule has 0 amide bonds. The molecule has 0 aliphatic carbocycles. The number of hydrogen-bond donors (Lipinski definition) is 1. The van der Waals surface area contributed by atoms with Gasteiger partial charge in [0, 0.05) is 10.0 Å². The summed E-state index contributed by atoms with van der Waals surface area (Å²) in [7, 11) is 0. The van der Waals surface area contributed by atoms with E-state index in [9.17, 15) is 0 Å². The van der Waals surface area contributed by atoms with Crippen molar-refractivity contribution >= 4 is 21.7 Å². The molecule has 0 saturated heterocycles. The van der Waals surface area contributed by atoms with Crippen LogP contribution in [0.1, 0.15) is 0 Å². The molecule has 94 valence electrons. The minimum atomic E-state index is 0.352. The Morgan fingerprint density at radius 2 is 2.00 bits per heavy atom. The van der Waals surface area contributed by atoms with Crippen LogP contribution < -0.4 is 5.73 Å². The Bertz CT molecular complexity index is 712. The number of nitrogens with zero attached hydrogens (tertiary/aromatic N) is 3. The van der Waals surface area contributed by atoms with Gasteiger partial charge in [0.1, 0.15) is 0 Å². The van der Waals surface area contributed by atoms with Gasteiger partial charge in [-0.2, -0.15) is 10.2 Å². The van der Waals surface area contributed by atoms with E-state index in [-0.39, 0.29) is 0 Å². The third-order valence-corrected chi connectivity index (χ3v) is 3.17. The topological polar surface area (TPSA) is 77.8 Å². The van der Waals surface area contributed by atoms with Crippen LogP contribution in [0.5, 0.6) is 0 Å². The molecule has 19 heavy (non-hydrogen) atoms. The van der Waals surface area contributed by atoms with Crippen LogP contribution in [-0.2, 0) is 0 Å². The lowest BCUT2D eigenvalue weighted by atomic mass is 10.0. The second-order valence-electron chi connectivity index (χ2n) is 3.91. The summed E-state index contributed by atoms with van der Waals surface area (Å²) < 4.78 is 6.28. The smallest absolute Gasteiger partial charge is 0.178 e. The number of nitrogen functional groups attached to an aromatic ring is 1. The van der Waals surface area contributed by atoms with Gasteiger partial charge in [-0.3, -0.25) is 0 Å². The molecule has 0 unspecified atom stereocenters. The van der Waals surface area contributed by atoms with Crippen LogP contribution in [0.25, 0.3) is 22.5 Å². The molecule has 0 atom stereocenters. The first-order valence-electron chi connectivity index (χ1n) is 5.54. The zero-order valence-corrected chi connectivity index (χ0v) is 11.3. The number of rotatable bonds is 2. The Balaban J connectivity index is 2.20. The monoisotopic (exact) mass is 316 g/mol. The van der Waals surface area contributed by atoms with E-state index >= 15 is 0 Å². The molecule has 1 aromatic carbocycles. The summed E-state index contributed by atoms with van der Waals surface area (Å²) in [6.45, 7) is 0. The Hall–Kier alpha value is -2.21. The SMILES string of the molecule is Nc1noc(-c2ccnnc2)c1-c1cccc(Br)c1. The summed E-state index contributed by atoms with van der Waals surface area (Å²) in [6, 6.07) is 9.59. The first-order chi connectivity index (χ1) is 9.25. The zero-order valence-electron chi connectivity index (χ0n) is 9.75. The van der Waals surface area contributed by atoms with Crippen molar-refractivity contribution in [3.8, 4) is 22.5 Å². The van der Waals surface area contributed by atoms with Crippen LogP contribution in [0.3, 0.4) is 0 Å². The molecule has 0 saturated carbocycles. The molecule has 3 aromatic rings. The third-order valence-electron chi connectivity index (χ3n) is 2.68. The summed E-state index contributed by atoms with van der Waals surface area (Å²) >= 11 is 3.44. The fraction of sp³-hybridized carbons (Fsp3) is 0. The van der Waals surface area contributed by atoms with Crippen LogP contribution in [-0.4, -0.2) is 15.4 Å². The van der Waals surface area contributed by atoms with Gasteiger partial charge >= 0.3 is 0 Å². The first kappa shape index (κ1) is 11.9. The first-order valence-corrected chi connectivity index (χ1v) is 6.33. The lowest BCUT2D eigenvalue weighted by molar-refractivity contribution is 0.436. The maximum absolute atomic E-state index is 5.90. The van der Waals surface area contributed by atoms with Crippen molar-refractivity contribution < 1.29 is 4.52 Å². The molecular weight excluding hydrogens is 308 g/mol. The molecular formula is C13H9BrN4O. The van der Waals surface area contributed by atoms with Gasteiger partial charge in [-0.1, -0.05) is 33.2 Å². The highest BCUT2D eigenvalue weighted by atomic mass is 79.9. The number of benzene rings is 1. The maximum Gasteiger partial charge on any atom is 0.178 e. The predicted octanol–water partition coefficient (Wildman–Crippen LogP) is 3.14. The van der Waals surface area contributed by atoms with Crippen molar-refractivity contribution in [2.45, 2.75) is 0 Å². The molecule has 5 nitrogen and oxygen atoms in total. The van der Waals surface area contributed by atoms with E-state index in [0.717, 1.165) is 21.2 Å². The van der Waals surface area contributed by atoms with Gasteiger partial charge in [0.15, 0.2) is 11.6 Å². The van der Waals surface area contributed by atoms with Crippen molar-refractivity contribution in [3.05, 3.63) is 47.2 Å². The number of nitrogens with two attached hydrogens (primary N) is 1. The lowest BCUT2D eigenvalue weighted by Crippen LogP contribution is -1.89. The van der Waals surface area contributed by atoms with Crippen molar-refractivity contribution in [2.75, 3.05) is 5.73 Å². The molecule has 0 radical (unpaired) electrons. The Morgan fingerprint density at radius 1 is 1.11 bits per heavy atom. The van der Waals surface area contributed by atoms with E-state index in [1.165, 1.54) is 0 Å². The van der Waals surface area contributed by atoms with Crippen LogP contribution in [0.2, 0.25) is 0 Å². The average Bonchev–Trinajstić information content (AvgIpc) is 2.82. The van der Waals surface area contributed by atoms with Gasteiger partial charge in [-0.05, 0) is 23.8 Å². The third kappa shape index (κ3) is 2.22. The molecule has 0 bridgehead atoms. The maximum atomic E-state index is 5.90. The molecule has 0 aliphatic rings. The van der Waals surface area contributed by atoms with E-state index in [1.807, 2.05) is 24.3 Å². The van der Waals surface area contributed by atoms with Gasteiger partial charge in [0.2, 0.25) is 0 Å². The van der Waals surface area contributed by atoms with Gasteiger partial charge in [-0.25, -0.2) is 0 Å². The molecule has 2 N–H and O–H groups in total. The van der Waals surface area contributed by atoms with Crippen LogP contribution in [0.4, 0.5) is 5.82 Å². The van der Waals surface area contributed by atoms with E-state index in [1.54, 1.807) is 18.5 Å². The summed E-state index contributed by atoms with van der Waals surface area (Å²) in [6.07, 6.45) is 3.21. The fourth-order valence-electron chi connectivity index (χ4n) is 1.85. The summed E-state index contributed by atoms with van der Waals surface area (Å²) in [5.74, 6) is 0.940. The predicted molar refractivity (Wildman–Crippen MR) is 75.1 cm³/mol. The molecule has 0 aliphatic heterocycles. The standard InChI is InChI=1S/C13H9BrN4O/c14-10-3-1-2-8(6-10)11-12(19-18-13(11)15)9-4-5-16-17-7-9/h1-7H,(H2,15,18). The minimum Gasteiger partial charge on any atom is -0.380 e. The second kappa shape index (κ2) is 4.81. The molecule has 0 fully saturated rings. The molecule has 0 spiro atoms. The highest BCUT2D eigenvalue weighted by Crippen LogP contribution is 2.36. The average molecular weight is 317 g/mol. The van der Waals surface area contributed by atoms with Crippen molar-refractivity contribution in [1.29, 1.82) is 0 Å². The second-order valence-corrected chi connectivity index (χ2v) is 4.83. The minimum absolute atomic E-state index is 0.352. The van der Waals surface area contributed by atoms with Crippen LogP contribution in [0.15, 0.2) is 51.7 Å². The van der Waals surface area contributed by atoms with Crippen molar-refractivity contribution in [1.82, 2.24) is 15.4 Å². The Kier molecular flexibility index (Phi) is 3.00. The van der Waals surface area contributed by atoms with Gasteiger partial charge < -0.3 is 10.3 Å². The van der Waals surface area contributed by atoms with Crippen LogP contribution in [0, 0.1) is 0 Å².